The molecule has 0 amide bonds. The molecule has 1 rings (SSSR count). The van der Waals surface area contributed by atoms with E-state index in [1.165, 1.54) is 0 Å². The summed E-state index contributed by atoms with van der Waals surface area (Å²) in [5, 5.41) is 0. The van der Waals surface area contributed by atoms with Gasteiger partial charge in [0.05, 0.1) is 4.90 Å². The predicted molar refractivity (Wildman–Crippen MR) is 70.6 cm³/mol. The Morgan fingerprint density at radius 3 is 2.12 bits per heavy atom. The van der Waals surface area contributed by atoms with E-state index in [0.717, 1.165) is 5.56 Å². The molecular formula is C13H21NO2S. The maximum Gasteiger partial charge on any atom is 0.241 e. The molecule has 0 spiro atoms. The van der Waals surface area contributed by atoms with E-state index in [1.54, 1.807) is 12.1 Å². The SMILES string of the molecule is CC(C)NS(=O)(=O)c1ccccc1C(C)(C)C. The molecule has 0 aliphatic heterocycles. The largest absolute Gasteiger partial charge is 0.241 e. The molecule has 0 aliphatic carbocycles. The molecule has 1 aromatic carbocycles. The number of benzene rings is 1. The smallest absolute Gasteiger partial charge is 0.209 e. The van der Waals surface area contributed by atoms with Crippen LogP contribution in [0, 0.1) is 0 Å². The van der Waals surface area contributed by atoms with Crippen molar-refractivity contribution in [3.63, 3.8) is 0 Å². The van der Waals surface area contributed by atoms with E-state index in [0.29, 0.717) is 4.90 Å². The Kier molecular flexibility index (Phi) is 3.99. The molecule has 3 nitrogen and oxygen atoms in total. The topological polar surface area (TPSA) is 46.2 Å². The number of hydrogen-bond donors (Lipinski definition) is 1. The molecule has 96 valence electrons. The van der Waals surface area contributed by atoms with Crippen molar-refractivity contribution in [3.8, 4) is 0 Å². The van der Waals surface area contributed by atoms with Crippen molar-refractivity contribution in [3.05, 3.63) is 29.8 Å². The molecule has 0 aromatic heterocycles. The van der Waals surface area contributed by atoms with Gasteiger partial charge >= 0.3 is 0 Å². The van der Waals surface area contributed by atoms with Crippen molar-refractivity contribution < 1.29 is 8.42 Å². The zero-order valence-corrected chi connectivity index (χ0v) is 11.9. The van der Waals surface area contributed by atoms with Gasteiger partial charge in [0.1, 0.15) is 0 Å². The Morgan fingerprint density at radius 2 is 1.65 bits per heavy atom. The Bertz CT molecular complexity index is 484. The second kappa shape index (κ2) is 4.78. The third-order valence-electron chi connectivity index (χ3n) is 2.38. The Morgan fingerprint density at radius 1 is 1.12 bits per heavy atom. The van der Waals surface area contributed by atoms with E-state index in [9.17, 15) is 8.42 Å². The van der Waals surface area contributed by atoms with E-state index >= 15 is 0 Å². The molecule has 1 N–H and O–H groups in total. The molecule has 0 aliphatic rings. The lowest BCUT2D eigenvalue weighted by Gasteiger charge is -2.23. The maximum absolute atomic E-state index is 12.2. The van der Waals surface area contributed by atoms with Crippen molar-refractivity contribution in [1.29, 1.82) is 0 Å². The second-order valence-corrected chi connectivity index (χ2v) is 7.20. The lowest BCUT2D eigenvalue weighted by Crippen LogP contribution is -2.32. The highest BCUT2D eigenvalue weighted by atomic mass is 32.2. The Hall–Kier alpha value is -0.870. The van der Waals surface area contributed by atoms with E-state index in [1.807, 2.05) is 46.8 Å². The van der Waals surface area contributed by atoms with E-state index in [4.69, 9.17) is 0 Å². The molecule has 17 heavy (non-hydrogen) atoms. The van der Waals surface area contributed by atoms with Crippen LogP contribution < -0.4 is 4.72 Å². The molecule has 1 aromatic rings. The quantitative estimate of drug-likeness (QED) is 0.902. The van der Waals surface area contributed by atoms with Crippen molar-refractivity contribution in [1.82, 2.24) is 4.72 Å². The summed E-state index contributed by atoms with van der Waals surface area (Å²) in [6.45, 7) is 9.67. The summed E-state index contributed by atoms with van der Waals surface area (Å²) >= 11 is 0. The zero-order chi connectivity index (χ0) is 13.3. The summed E-state index contributed by atoms with van der Waals surface area (Å²) in [7, 11) is -3.42. The van der Waals surface area contributed by atoms with Crippen LogP contribution >= 0.6 is 0 Å². The fraction of sp³-hybridized carbons (Fsp3) is 0.538. The van der Waals surface area contributed by atoms with Gasteiger partial charge in [0.25, 0.3) is 0 Å². The first-order valence-electron chi connectivity index (χ1n) is 5.76. The zero-order valence-electron chi connectivity index (χ0n) is 11.1. The summed E-state index contributed by atoms with van der Waals surface area (Å²) in [6, 6.07) is 7.05. The van der Waals surface area contributed by atoms with Crippen LogP contribution in [-0.2, 0) is 15.4 Å². The first-order valence-corrected chi connectivity index (χ1v) is 7.25. The monoisotopic (exact) mass is 255 g/mol. The molecule has 0 atom stereocenters. The van der Waals surface area contributed by atoms with Crippen LogP contribution in [0.3, 0.4) is 0 Å². The Labute approximate surface area is 104 Å². The van der Waals surface area contributed by atoms with E-state index < -0.39 is 10.0 Å². The van der Waals surface area contributed by atoms with Crippen molar-refractivity contribution in [2.45, 2.75) is 51.0 Å². The minimum absolute atomic E-state index is 0.104. The minimum Gasteiger partial charge on any atom is -0.209 e. The van der Waals surface area contributed by atoms with E-state index in [-0.39, 0.29) is 11.5 Å². The highest BCUT2D eigenvalue weighted by Crippen LogP contribution is 2.28. The molecule has 0 saturated heterocycles. The van der Waals surface area contributed by atoms with Gasteiger partial charge in [0.15, 0.2) is 0 Å². The summed E-state index contributed by atoms with van der Waals surface area (Å²) < 4.78 is 27.0. The van der Waals surface area contributed by atoms with Gasteiger partial charge in [-0.05, 0) is 30.9 Å². The number of hydrogen-bond acceptors (Lipinski definition) is 2. The number of nitrogens with one attached hydrogen (secondary N) is 1. The van der Waals surface area contributed by atoms with Crippen LogP contribution in [0.2, 0.25) is 0 Å². The van der Waals surface area contributed by atoms with Crippen LogP contribution in [-0.4, -0.2) is 14.5 Å². The molecule has 0 radical (unpaired) electrons. The van der Waals surface area contributed by atoms with Gasteiger partial charge in [-0.25, -0.2) is 13.1 Å². The summed E-state index contributed by atoms with van der Waals surface area (Å²) in [5.41, 5.74) is 0.649. The predicted octanol–water partition coefficient (Wildman–Crippen LogP) is 2.67. The lowest BCUT2D eigenvalue weighted by molar-refractivity contribution is 0.548. The third kappa shape index (κ3) is 3.54. The maximum atomic E-state index is 12.2. The van der Waals surface area contributed by atoms with Gasteiger partial charge in [-0.2, -0.15) is 0 Å². The van der Waals surface area contributed by atoms with Gasteiger partial charge in [0.2, 0.25) is 10.0 Å². The molecule has 0 unspecified atom stereocenters. The lowest BCUT2D eigenvalue weighted by atomic mass is 9.87. The van der Waals surface area contributed by atoms with Gasteiger partial charge in [-0.15, -0.1) is 0 Å². The van der Waals surface area contributed by atoms with Gasteiger partial charge < -0.3 is 0 Å². The molecular weight excluding hydrogens is 234 g/mol. The third-order valence-corrected chi connectivity index (χ3v) is 4.09. The highest BCUT2D eigenvalue weighted by molar-refractivity contribution is 7.89. The summed E-state index contributed by atoms with van der Waals surface area (Å²) in [5.74, 6) is 0. The van der Waals surface area contributed by atoms with E-state index in [2.05, 4.69) is 4.72 Å². The van der Waals surface area contributed by atoms with Crippen LogP contribution in [0.1, 0.15) is 40.2 Å². The average molecular weight is 255 g/mol. The highest BCUT2D eigenvalue weighted by Gasteiger charge is 2.25. The van der Waals surface area contributed by atoms with Crippen molar-refractivity contribution in [2.24, 2.45) is 0 Å². The normalized spacial score (nSPS) is 13.1. The van der Waals surface area contributed by atoms with Crippen LogP contribution in [0.15, 0.2) is 29.2 Å². The van der Waals surface area contributed by atoms with Crippen molar-refractivity contribution in [2.75, 3.05) is 0 Å². The van der Waals surface area contributed by atoms with Crippen LogP contribution in [0.25, 0.3) is 0 Å². The summed E-state index contributed by atoms with van der Waals surface area (Å²) in [6.07, 6.45) is 0. The van der Waals surface area contributed by atoms with Crippen LogP contribution in [0.5, 0.6) is 0 Å². The van der Waals surface area contributed by atoms with Gasteiger partial charge in [0, 0.05) is 6.04 Å². The average Bonchev–Trinajstić information content (AvgIpc) is 2.14. The van der Waals surface area contributed by atoms with Gasteiger partial charge in [-0.3, -0.25) is 0 Å². The summed E-state index contributed by atoms with van der Waals surface area (Å²) in [4.78, 5) is 0.376. The number of rotatable bonds is 3. The first-order chi connectivity index (χ1) is 7.64. The minimum atomic E-state index is -3.42. The van der Waals surface area contributed by atoms with Crippen LogP contribution in [0.4, 0.5) is 0 Å². The Balaban J connectivity index is 3.33. The molecule has 4 heteroatoms. The fourth-order valence-corrected chi connectivity index (χ4v) is 3.36. The van der Waals surface area contributed by atoms with Gasteiger partial charge in [-0.1, -0.05) is 39.0 Å². The second-order valence-electron chi connectivity index (χ2n) is 5.52. The molecule has 0 bridgehead atoms. The molecule has 0 saturated carbocycles. The number of sulfonamides is 1. The molecule has 0 heterocycles. The molecule has 0 fully saturated rings. The standard InChI is InChI=1S/C13H21NO2S/c1-10(2)14-17(15,16)12-9-7-6-8-11(12)13(3,4)5/h6-10,14H,1-5H3. The fourth-order valence-electron chi connectivity index (χ4n) is 1.69. The first kappa shape index (κ1) is 14.2. The van der Waals surface area contributed by atoms with Crippen molar-refractivity contribution >= 4 is 10.0 Å².